The molecule has 0 N–H and O–H groups in total. The zero-order valence-corrected chi connectivity index (χ0v) is 13.1. The average Bonchev–Trinajstić information content (AvgIpc) is 3.04. The molecule has 0 atom stereocenters. The third-order valence-electron chi connectivity index (χ3n) is 2.82. The first-order valence-corrected chi connectivity index (χ1v) is 8.06. The maximum absolute atomic E-state index is 12.2. The average molecular weight is 333 g/mol. The molecule has 0 radical (unpaired) electrons. The van der Waals surface area contributed by atoms with Crippen LogP contribution in [0, 0.1) is 12.3 Å². The maximum Gasteiger partial charge on any atom is 0.289 e. The number of carbonyl (C=O) groups excluding carboxylic acids is 1. The number of halogens is 1. The number of terminal acetylenes is 1. The first-order chi connectivity index (χ1) is 10.2. The van der Waals surface area contributed by atoms with E-state index < -0.39 is 0 Å². The zero-order valence-electron chi connectivity index (χ0n) is 10.7. The van der Waals surface area contributed by atoms with E-state index >= 15 is 0 Å². The monoisotopic (exact) mass is 332 g/mol. The molecule has 104 valence electrons. The number of aromatic nitrogens is 1. The van der Waals surface area contributed by atoms with Crippen molar-refractivity contribution in [2.45, 2.75) is 6.54 Å². The second-order valence-electron chi connectivity index (χ2n) is 4.16. The molecule has 0 aliphatic carbocycles. The van der Waals surface area contributed by atoms with Gasteiger partial charge in [-0.3, -0.25) is 4.79 Å². The molecule has 2 heterocycles. The Balaban J connectivity index is 2.15. The van der Waals surface area contributed by atoms with Crippen LogP contribution in [-0.4, -0.2) is 10.5 Å². The minimum absolute atomic E-state index is 0.302. The summed E-state index contributed by atoms with van der Waals surface area (Å²) in [5.74, 6) is 2.30. The van der Waals surface area contributed by atoms with Gasteiger partial charge in [0.25, 0.3) is 5.91 Å². The third-order valence-corrected chi connectivity index (χ3v) is 5.10. The van der Waals surface area contributed by atoms with Crippen molar-refractivity contribution in [1.82, 2.24) is 4.57 Å². The van der Waals surface area contributed by atoms with Crippen LogP contribution in [0.2, 0.25) is 4.34 Å². The number of nitrogens with zero attached hydrogens (tertiary/aromatic N) is 2. The first-order valence-electron chi connectivity index (χ1n) is 6.05. The fourth-order valence-electron chi connectivity index (χ4n) is 1.92. The van der Waals surface area contributed by atoms with E-state index in [1.165, 1.54) is 22.7 Å². The Morgan fingerprint density at radius 2 is 2.10 bits per heavy atom. The van der Waals surface area contributed by atoms with E-state index in [2.05, 4.69) is 10.9 Å². The summed E-state index contributed by atoms with van der Waals surface area (Å²) in [7, 11) is 0. The maximum atomic E-state index is 12.2. The van der Waals surface area contributed by atoms with Crippen molar-refractivity contribution in [2.24, 2.45) is 4.99 Å². The molecule has 0 bridgehead atoms. The summed E-state index contributed by atoms with van der Waals surface area (Å²) >= 11 is 8.51. The Kier molecular flexibility index (Phi) is 3.93. The van der Waals surface area contributed by atoms with Gasteiger partial charge in [0, 0.05) is 0 Å². The third kappa shape index (κ3) is 2.79. The molecule has 6 heteroatoms. The standard InChI is InChI=1S/C15H9ClN2OS2/c1-2-9-18-10-5-3-4-6-11(10)21-15(18)17-14(19)12-7-8-13(16)20-12/h1,3-8H,9H2. The fraction of sp³-hybridized carbons (Fsp3) is 0.0667. The van der Waals surface area contributed by atoms with Crippen LogP contribution >= 0.6 is 34.3 Å². The fourth-order valence-corrected chi connectivity index (χ4v) is 3.88. The van der Waals surface area contributed by atoms with Gasteiger partial charge in [-0.1, -0.05) is 41.0 Å². The van der Waals surface area contributed by atoms with Crippen molar-refractivity contribution in [3.05, 3.63) is 50.4 Å². The number of amides is 1. The predicted molar refractivity (Wildman–Crippen MR) is 87.9 cm³/mol. The van der Waals surface area contributed by atoms with Gasteiger partial charge in [-0.2, -0.15) is 4.99 Å². The van der Waals surface area contributed by atoms with Crippen LogP contribution < -0.4 is 4.80 Å². The van der Waals surface area contributed by atoms with Crippen LogP contribution in [0.3, 0.4) is 0 Å². The number of thiazole rings is 1. The quantitative estimate of drug-likeness (QED) is 0.657. The normalized spacial score (nSPS) is 11.7. The molecule has 0 aliphatic heterocycles. The summed E-state index contributed by atoms with van der Waals surface area (Å²) in [5, 5.41) is 0. The van der Waals surface area contributed by atoms with E-state index in [0.29, 0.717) is 20.6 Å². The highest BCUT2D eigenvalue weighted by Gasteiger charge is 2.10. The van der Waals surface area contributed by atoms with E-state index in [-0.39, 0.29) is 5.91 Å². The Hall–Kier alpha value is -1.87. The summed E-state index contributed by atoms with van der Waals surface area (Å²) in [6.07, 6.45) is 5.42. The van der Waals surface area contributed by atoms with Gasteiger partial charge >= 0.3 is 0 Å². The van der Waals surface area contributed by atoms with Gasteiger partial charge in [0.05, 0.1) is 26.0 Å². The molecule has 3 rings (SSSR count). The van der Waals surface area contributed by atoms with Gasteiger partial charge in [-0.15, -0.1) is 17.8 Å². The smallest absolute Gasteiger partial charge is 0.289 e. The van der Waals surface area contributed by atoms with Crippen molar-refractivity contribution < 1.29 is 4.79 Å². The number of rotatable bonds is 2. The van der Waals surface area contributed by atoms with Crippen LogP contribution in [-0.2, 0) is 6.54 Å². The molecule has 0 spiro atoms. The zero-order chi connectivity index (χ0) is 14.8. The molecule has 1 aromatic carbocycles. The Labute approximate surface area is 134 Å². The highest BCUT2D eigenvalue weighted by molar-refractivity contribution is 7.18. The molecule has 21 heavy (non-hydrogen) atoms. The van der Waals surface area contributed by atoms with Gasteiger partial charge in [0.15, 0.2) is 4.80 Å². The number of hydrogen-bond acceptors (Lipinski definition) is 3. The first kappa shape index (κ1) is 14.1. The number of carbonyl (C=O) groups is 1. The summed E-state index contributed by atoms with van der Waals surface area (Å²) < 4.78 is 3.48. The molecular formula is C15H9ClN2OS2. The van der Waals surface area contributed by atoms with Gasteiger partial charge in [0.1, 0.15) is 0 Å². The largest absolute Gasteiger partial charge is 0.305 e. The summed E-state index contributed by atoms with van der Waals surface area (Å²) in [6.45, 7) is 0.376. The molecule has 0 unspecified atom stereocenters. The second kappa shape index (κ2) is 5.86. The minimum atomic E-state index is -0.302. The molecule has 0 aliphatic rings. The lowest BCUT2D eigenvalue weighted by Crippen LogP contribution is -2.16. The van der Waals surface area contributed by atoms with Crippen LogP contribution in [0.15, 0.2) is 41.4 Å². The van der Waals surface area contributed by atoms with Crippen molar-refractivity contribution in [2.75, 3.05) is 0 Å². The molecule has 0 saturated heterocycles. The topological polar surface area (TPSA) is 34.4 Å². The van der Waals surface area contributed by atoms with Crippen LogP contribution in [0.4, 0.5) is 0 Å². The van der Waals surface area contributed by atoms with Gasteiger partial charge in [-0.25, -0.2) is 0 Å². The highest BCUT2D eigenvalue weighted by Crippen LogP contribution is 2.22. The molecule has 0 saturated carbocycles. The second-order valence-corrected chi connectivity index (χ2v) is 6.89. The van der Waals surface area contributed by atoms with Crippen molar-refractivity contribution in [1.29, 1.82) is 0 Å². The van der Waals surface area contributed by atoms with E-state index in [1.807, 2.05) is 28.8 Å². The van der Waals surface area contributed by atoms with Crippen LogP contribution in [0.25, 0.3) is 10.2 Å². The molecule has 3 nitrogen and oxygen atoms in total. The summed E-state index contributed by atoms with van der Waals surface area (Å²) in [5.41, 5.74) is 0.983. The SMILES string of the molecule is C#CCn1c(=NC(=O)c2ccc(Cl)s2)sc2ccccc21. The van der Waals surface area contributed by atoms with E-state index in [9.17, 15) is 4.79 Å². The molecule has 1 amide bonds. The van der Waals surface area contributed by atoms with E-state index in [0.717, 1.165) is 10.2 Å². The Bertz CT molecular complexity index is 927. The van der Waals surface area contributed by atoms with Gasteiger partial charge in [0.2, 0.25) is 0 Å². The number of para-hydroxylation sites is 1. The Morgan fingerprint density at radius 3 is 2.81 bits per heavy atom. The predicted octanol–water partition coefficient (Wildman–Crippen LogP) is 3.79. The van der Waals surface area contributed by atoms with Crippen molar-refractivity contribution in [3.8, 4) is 12.3 Å². The summed E-state index contributed by atoms with van der Waals surface area (Å²) in [4.78, 5) is 17.5. The van der Waals surface area contributed by atoms with Crippen molar-refractivity contribution in [3.63, 3.8) is 0 Å². The molecule has 0 fully saturated rings. The number of benzene rings is 1. The number of hydrogen-bond donors (Lipinski definition) is 0. The van der Waals surface area contributed by atoms with Gasteiger partial charge in [-0.05, 0) is 24.3 Å². The highest BCUT2D eigenvalue weighted by atomic mass is 35.5. The Morgan fingerprint density at radius 1 is 1.29 bits per heavy atom. The van der Waals surface area contributed by atoms with Crippen LogP contribution in [0.1, 0.15) is 9.67 Å². The van der Waals surface area contributed by atoms with Crippen molar-refractivity contribution >= 4 is 50.4 Å². The number of fused-ring (bicyclic) bond motifs is 1. The lowest BCUT2D eigenvalue weighted by Gasteiger charge is -1.98. The van der Waals surface area contributed by atoms with Gasteiger partial charge < -0.3 is 4.57 Å². The summed E-state index contributed by atoms with van der Waals surface area (Å²) in [6, 6.07) is 11.2. The van der Waals surface area contributed by atoms with E-state index in [4.69, 9.17) is 18.0 Å². The number of thiophene rings is 1. The molecular weight excluding hydrogens is 324 g/mol. The lowest BCUT2D eigenvalue weighted by atomic mass is 10.3. The van der Waals surface area contributed by atoms with Crippen LogP contribution in [0.5, 0.6) is 0 Å². The minimum Gasteiger partial charge on any atom is -0.305 e. The lowest BCUT2D eigenvalue weighted by molar-refractivity contribution is 0.100. The molecule has 2 aromatic heterocycles. The molecule has 3 aromatic rings. The van der Waals surface area contributed by atoms with E-state index in [1.54, 1.807) is 12.1 Å².